The van der Waals surface area contributed by atoms with Gasteiger partial charge in [-0.1, -0.05) is 38.5 Å². The molecule has 0 radical (unpaired) electrons. The molecule has 0 aliphatic heterocycles. The summed E-state index contributed by atoms with van der Waals surface area (Å²) in [6.07, 6.45) is 8.53. The standard InChI is InChI=1S/C15H24N2O2/c1-4-14(12-16-3)13(2)17-11-9-7-5-6-8-10-15(18)19/h4,12,17H,1-3,5-11H2,(H,18,19)/b14-12+. The largest absolute Gasteiger partial charge is 0.481 e. The van der Waals surface area contributed by atoms with Crippen LogP contribution < -0.4 is 5.32 Å². The Morgan fingerprint density at radius 2 is 1.84 bits per heavy atom. The van der Waals surface area contributed by atoms with Crippen LogP contribution in [0.3, 0.4) is 0 Å². The van der Waals surface area contributed by atoms with Crippen molar-refractivity contribution in [2.45, 2.75) is 38.5 Å². The minimum absolute atomic E-state index is 0.275. The Morgan fingerprint density at radius 1 is 1.21 bits per heavy atom. The van der Waals surface area contributed by atoms with Gasteiger partial charge >= 0.3 is 5.97 Å². The van der Waals surface area contributed by atoms with Crippen molar-refractivity contribution in [2.24, 2.45) is 4.99 Å². The molecule has 0 aromatic heterocycles. The fraction of sp³-hybridized carbons (Fsp3) is 0.467. The molecule has 4 nitrogen and oxygen atoms in total. The van der Waals surface area contributed by atoms with Gasteiger partial charge in [-0.15, -0.1) is 0 Å². The lowest BCUT2D eigenvalue weighted by molar-refractivity contribution is -0.137. The Morgan fingerprint density at radius 3 is 2.42 bits per heavy atom. The molecule has 0 saturated heterocycles. The second-order valence-corrected chi connectivity index (χ2v) is 4.29. The molecule has 0 rings (SSSR count). The third-order valence-electron chi connectivity index (χ3n) is 2.70. The second-order valence-electron chi connectivity index (χ2n) is 4.29. The Hall–Kier alpha value is -1.84. The summed E-state index contributed by atoms with van der Waals surface area (Å²) in [6, 6.07) is 0. The molecule has 0 amide bonds. The maximum atomic E-state index is 10.3. The normalized spacial score (nSPS) is 10.8. The SMILES string of the molecule is C=C/C(=C\N=C)C(=C)NCCCCCCCC(=O)O. The van der Waals surface area contributed by atoms with Crippen molar-refractivity contribution in [1.29, 1.82) is 0 Å². The van der Waals surface area contributed by atoms with Crippen molar-refractivity contribution in [3.8, 4) is 0 Å². The van der Waals surface area contributed by atoms with Crippen LogP contribution in [0.25, 0.3) is 0 Å². The van der Waals surface area contributed by atoms with Gasteiger partial charge in [0.25, 0.3) is 0 Å². The van der Waals surface area contributed by atoms with E-state index in [0.29, 0.717) is 0 Å². The van der Waals surface area contributed by atoms with Crippen LogP contribution in [0, 0.1) is 0 Å². The number of carbonyl (C=O) groups is 1. The fourth-order valence-electron chi connectivity index (χ4n) is 1.63. The van der Waals surface area contributed by atoms with Crippen molar-refractivity contribution in [2.75, 3.05) is 6.54 Å². The molecule has 0 aliphatic carbocycles. The van der Waals surface area contributed by atoms with E-state index < -0.39 is 5.97 Å². The molecule has 19 heavy (non-hydrogen) atoms. The van der Waals surface area contributed by atoms with E-state index >= 15 is 0 Å². The molecule has 0 saturated carbocycles. The molecule has 0 unspecified atom stereocenters. The number of hydrogen-bond acceptors (Lipinski definition) is 3. The number of rotatable bonds is 12. The monoisotopic (exact) mass is 264 g/mol. The molecular formula is C15H24N2O2. The third kappa shape index (κ3) is 9.83. The van der Waals surface area contributed by atoms with E-state index in [-0.39, 0.29) is 6.42 Å². The lowest BCUT2D eigenvalue weighted by Gasteiger charge is -2.09. The Kier molecular flexibility index (Phi) is 10.2. The highest BCUT2D eigenvalue weighted by Gasteiger charge is 1.98. The van der Waals surface area contributed by atoms with Gasteiger partial charge in [0, 0.05) is 30.4 Å². The van der Waals surface area contributed by atoms with Gasteiger partial charge < -0.3 is 10.4 Å². The quantitative estimate of drug-likeness (QED) is 0.323. The van der Waals surface area contributed by atoms with Crippen molar-refractivity contribution < 1.29 is 9.90 Å². The predicted molar refractivity (Wildman–Crippen MR) is 80.3 cm³/mol. The predicted octanol–water partition coefficient (Wildman–Crippen LogP) is 3.29. The summed E-state index contributed by atoms with van der Waals surface area (Å²) in [5.74, 6) is -0.711. The summed E-state index contributed by atoms with van der Waals surface area (Å²) >= 11 is 0. The van der Waals surface area contributed by atoms with Gasteiger partial charge in [-0.05, 0) is 19.6 Å². The van der Waals surface area contributed by atoms with Crippen molar-refractivity contribution in [3.63, 3.8) is 0 Å². The van der Waals surface area contributed by atoms with E-state index in [0.717, 1.165) is 49.9 Å². The molecule has 4 heteroatoms. The van der Waals surface area contributed by atoms with Gasteiger partial charge in [0.15, 0.2) is 0 Å². The summed E-state index contributed by atoms with van der Waals surface area (Å²) < 4.78 is 0. The molecular weight excluding hydrogens is 240 g/mol. The highest BCUT2D eigenvalue weighted by atomic mass is 16.4. The zero-order valence-electron chi connectivity index (χ0n) is 11.5. The average molecular weight is 264 g/mol. The van der Waals surface area contributed by atoms with Crippen LogP contribution in [-0.4, -0.2) is 24.3 Å². The average Bonchev–Trinajstić information content (AvgIpc) is 2.38. The first-order valence-electron chi connectivity index (χ1n) is 6.55. The molecule has 2 N–H and O–H groups in total. The molecule has 0 heterocycles. The van der Waals surface area contributed by atoms with Crippen LogP contribution in [0.1, 0.15) is 38.5 Å². The summed E-state index contributed by atoms with van der Waals surface area (Å²) in [7, 11) is 0. The number of aliphatic carboxylic acids is 1. The minimum atomic E-state index is -0.711. The third-order valence-corrected chi connectivity index (χ3v) is 2.70. The number of aliphatic imine (C=N–C) groups is 1. The maximum absolute atomic E-state index is 10.3. The van der Waals surface area contributed by atoms with Crippen LogP contribution in [0.5, 0.6) is 0 Å². The molecule has 0 aromatic carbocycles. The van der Waals surface area contributed by atoms with Crippen LogP contribution in [-0.2, 0) is 4.79 Å². The number of hydrogen-bond donors (Lipinski definition) is 2. The Balaban J connectivity index is 3.56. The second kappa shape index (κ2) is 11.3. The van der Waals surface area contributed by atoms with E-state index in [1.54, 1.807) is 12.3 Å². The Labute approximate surface area is 115 Å². The first kappa shape index (κ1) is 17.2. The van der Waals surface area contributed by atoms with Crippen LogP contribution in [0.4, 0.5) is 0 Å². The highest BCUT2D eigenvalue weighted by Crippen LogP contribution is 2.08. The summed E-state index contributed by atoms with van der Waals surface area (Å²) in [6.45, 7) is 11.8. The van der Waals surface area contributed by atoms with Crippen LogP contribution >= 0.6 is 0 Å². The number of nitrogens with one attached hydrogen (secondary N) is 1. The van der Waals surface area contributed by atoms with E-state index in [1.165, 1.54) is 0 Å². The molecule has 0 fully saturated rings. The topological polar surface area (TPSA) is 61.7 Å². The van der Waals surface area contributed by atoms with E-state index in [9.17, 15) is 4.79 Å². The van der Waals surface area contributed by atoms with Crippen molar-refractivity contribution >= 4 is 12.7 Å². The summed E-state index contributed by atoms with van der Waals surface area (Å²) in [5, 5.41) is 11.7. The first-order chi connectivity index (χ1) is 9.11. The summed E-state index contributed by atoms with van der Waals surface area (Å²) in [4.78, 5) is 14.0. The Bertz CT molecular complexity index is 346. The highest BCUT2D eigenvalue weighted by molar-refractivity contribution is 5.66. The van der Waals surface area contributed by atoms with Crippen LogP contribution in [0.15, 0.2) is 41.7 Å². The fourth-order valence-corrected chi connectivity index (χ4v) is 1.63. The number of unbranched alkanes of at least 4 members (excludes halogenated alkanes) is 4. The van der Waals surface area contributed by atoms with Gasteiger partial charge in [-0.2, -0.15) is 0 Å². The molecule has 0 atom stereocenters. The van der Waals surface area contributed by atoms with E-state index in [4.69, 9.17) is 5.11 Å². The zero-order chi connectivity index (χ0) is 14.5. The van der Waals surface area contributed by atoms with Gasteiger partial charge in [0.05, 0.1) is 0 Å². The number of nitrogens with zero attached hydrogens (tertiary/aromatic N) is 1. The molecule has 0 aliphatic rings. The van der Waals surface area contributed by atoms with E-state index in [1.807, 2.05) is 0 Å². The van der Waals surface area contributed by atoms with Gasteiger partial charge in [-0.3, -0.25) is 9.79 Å². The number of allylic oxidation sites excluding steroid dienone is 1. The van der Waals surface area contributed by atoms with Crippen molar-refractivity contribution in [1.82, 2.24) is 5.32 Å². The zero-order valence-corrected chi connectivity index (χ0v) is 11.5. The lowest BCUT2D eigenvalue weighted by Crippen LogP contribution is -2.14. The smallest absolute Gasteiger partial charge is 0.303 e. The molecule has 0 bridgehead atoms. The van der Waals surface area contributed by atoms with E-state index in [2.05, 4.69) is 30.2 Å². The maximum Gasteiger partial charge on any atom is 0.303 e. The van der Waals surface area contributed by atoms with Gasteiger partial charge in [0.2, 0.25) is 0 Å². The minimum Gasteiger partial charge on any atom is -0.481 e. The first-order valence-corrected chi connectivity index (χ1v) is 6.55. The van der Waals surface area contributed by atoms with Gasteiger partial charge in [0.1, 0.15) is 0 Å². The lowest BCUT2D eigenvalue weighted by atomic mass is 10.1. The van der Waals surface area contributed by atoms with Crippen LogP contribution in [0.2, 0.25) is 0 Å². The number of carboxylic acid groups (broad SMARTS) is 1. The number of carboxylic acids is 1. The summed E-state index contributed by atoms with van der Waals surface area (Å²) in [5.41, 5.74) is 1.64. The molecule has 0 spiro atoms. The van der Waals surface area contributed by atoms with Crippen molar-refractivity contribution in [3.05, 3.63) is 36.7 Å². The van der Waals surface area contributed by atoms with Gasteiger partial charge in [-0.25, -0.2) is 0 Å². The molecule has 0 aromatic rings. The molecule has 106 valence electrons.